The molecule has 0 radical (unpaired) electrons. The maximum atomic E-state index is 4.54. The van der Waals surface area contributed by atoms with Crippen molar-refractivity contribution in [2.24, 2.45) is 0 Å². The van der Waals surface area contributed by atoms with Crippen LogP contribution in [0.25, 0.3) is 11.1 Å². The summed E-state index contributed by atoms with van der Waals surface area (Å²) in [5.74, 6) is 1.09. The van der Waals surface area contributed by atoms with E-state index in [1.54, 1.807) is 6.20 Å². The summed E-state index contributed by atoms with van der Waals surface area (Å²) in [7, 11) is 0. The van der Waals surface area contributed by atoms with Gasteiger partial charge in [-0.3, -0.25) is 4.98 Å². The van der Waals surface area contributed by atoms with E-state index >= 15 is 0 Å². The number of anilines is 1. The van der Waals surface area contributed by atoms with E-state index in [4.69, 9.17) is 0 Å². The van der Waals surface area contributed by atoms with Gasteiger partial charge >= 0.3 is 0 Å². The van der Waals surface area contributed by atoms with Crippen LogP contribution in [-0.4, -0.2) is 23.1 Å². The van der Waals surface area contributed by atoms with Crippen LogP contribution in [0.2, 0.25) is 0 Å². The van der Waals surface area contributed by atoms with Crippen LogP contribution in [-0.2, 0) is 0 Å². The van der Waals surface area contributed by atoms with Crippen molar-refractivity contribution >= 4 is 5.82 Å². The maximum absolute atomic E-state index is 4.54. The molecule has 3 heteroatoms. The first-order chi connectivity index (χ1) is 8.43. The van der Waals surface area contributed by atoms with Crippen molar-refractivity contribution < 1.29 is 0 Å². The summed E-state index contributed by atoms with van der Waals surface area (Å²) in [5, 5.41) is 0. The average Bonchev–Trinajstić information content (AvgIpc) is 2.94. The van der Waals surface area contributed by atoms with E-state index in [0.29, 0.717) is 0 Å². The van der Waals surface area contributed by atoms with Crippen LogP contribution in [0.4, 0.5) is 5.82 Å². The highest BCUT2D eigenvalue weighted by atomic mass is 15.2. The van der Waals surface area contributed by atoms with E-state index in [1.807, 2.05) is 18.5 Å². The molecular weight excluding hydrogens is 210 g/mol. The van der Waals surface area contributed by atoms with Crippen LogP contribution < -0.4 is 4.90 Å². The lowest BCUT2D eigenvalue weighted by molar-refractivity contribution is 0.938. The third kappa shape index (κ3) is 2.13. The first-order valence-corrected chi connectivity index (χ1v) is 6.05. The molecule has 0 saturated carbocycles. The van der Waals surface area contributed by atoms with E-state index in [2.05, 4.69) is 33.1 Å². The molecule has 0 N–H and O–H groups in total. The molecule has 0 atom stereocenters. The second kappa shape index (κ2) is 4.53. The van der Waals surface area contributed by atoms with Gasteiger partial charge in [-0.1, -0.05) is 6.07 Å². The Bertz CT molecular complexity index is 473. The molecule has 1 aliphatic rings. The van der Waals surface area contributed by atoms with Gasteiger partial charge in [0.1, 0.15) is 5.82 Å². The molecule has 1 saturated heterocycles. The number of rotatable bonds is 2. The van der Waals surface area contributed by atoms with Crippen molar-refractivity contribution in [2.75, 3.05) is 18.0 Å². The Balaban J connectivity index is 1.85. The van der Waals surface area contributed by atoms with Gasteiger partial charge in [0.2, 0.25) is 0 Å². The number of aromatic nitrogens is 2. The van der Waals surface area contributed by atoms with Crippen molar-refractivity contribution in [3.63, 3.8) is 0 Å². The number of hydrogen-bond acceptors (Lipinski definition) is 3. The van der Waals surface area contributed by atoms with Gasteiger partial charge in [-0.25, -0.2) is 4.98 Å². The normalized spacial score (nSPS) is 15.2. The third-order valence-corrected chi connectivity index (χ3v) is 3.17. The zero-order valence-electron chi connectivity index (χ0n) is 9.71. The van der Waals surface area contributed by atoms with Crippen molar-refractivity contribution in [3.8, 4) is 11.1 Å². The number of hydrogen-bond donors (Lipinski definition) is 0. The Hall–Kier alpha value is -1.90. The second-order valence-corrected chi connectivity index (χ2v) is 4.34. The summed E-state index contributed by atoms with van der Waals surface area (Å²) in [6, 6.07) is 8.23. The summed E-state index contributed by atoms with van der Waals surface area (Å²) in [6.07, 6.45) is 8.16. The molecule has 0 aromatic carbocycles. The van der Waals surface area contributed by atoms with Gasteiger partial charge in [-0.15, -0.1) is 0 Å². The van der Waals surface area contributed by atoms with E-state index in [1.165, 1.54) is 12.8 Å². The average molecular weight is 225 g/mol. The minimum absolute atomic E-state index is 1.09. The van der Waals surface area contributed by atoms with E-state index in [-0.39, 0.29) is 0 Å². The van der Waals surface area contributed by atoms with Gasteiger partial charge in [-0.2, -0.15) is 0 Å². The smallest absolute Gasteiger partial charge is 0.128 e. The highest BCUT2D eigenvalue weighted by Gasteiger charge is 2.12. The predicted molar refractivity (Wildman–Crippen MR) is 68.9 cm³/mol. The second-order valence-electron chi connectivity index (χ2n) is 4.34. The third-order valence-electron chi connectivity index (χ3n) is 3.17. The Morgan fingerprint density at radius 1 is 0.941 bits per heavy atom. The molecule has 2 aromatic heterocycles. The van der Waals surface area contributed by atoms with Crippen LogP contribution in [0.15, 0.2) is 42.9 Å². The first-order valence-electron chi connectivity index (χ1n) is 6.05. The van der Waals surface area contributed by atoms with Crippen LogP contribution >= 0.6 is 0 Å². The Labute approximate surface area is 101 Å². The molecule has 1 aliphatic heterocycles. The van der Waals surface area contributed by atoms with Gasteiger partial charge in [-0.05, 0) is 31.0 Å². The van der Waals surface area contributed by atoms with Gasteiger partial charge in [0.15, 0.2) is 0 Å². The molecular formula is C14H15N3. The van der Waals surface area contributed by atoms with Crippen molar-refractivity contribution in [1.29, 1.82) is 0 Å². The SMILES string of the molecule is c1cncc(-c2ccc(N3CCCC3)nc2)c1. The predicted octanol–water partition coefficient (Wildman–Crippen LogP) is 2.74. The van der Waals surface area contributed by atoms with E-state index < -0.39 is 0 Å². The lowest BCUT2D eigenvalue weighted by Gasteiger charge is -2.16. The molecule has 3 heterocycles. The lowest BCUT2D eigenvalue weighted by Crippen LogP contribution is -2.18. The van der Waals surface area contributed by atoms with Crippen molar-refractivity contribution in [1.82, 2.24) is 9.97 Å². The summed E-state index contributed by atoms with van der Waals surface area (Å²) in [4.78, 5) is 11.0. The largest absolute Gasteiger partial charge is 0.357 e. The molecule has 0 unspecified atom stereocenters. The maximum Gasteiger partial charge on any atom is 0.128 e. The quantitative estimate of drug-likeness (QED) is 0.787. The molecule has 3 rings (SSSR count). The topological polar surface area (TPSA) is 29.0 Å². The summed E-state index contributed by atoms with van der Waals surface area (Å²) < 4.78 is 0. The van der Waals surface area contributed by atoms with Gasteiger partial charge in [0, 0.05) is 42.8 Å². The molecule has 0 bridgehead atoms. The molecule has 3 nitrogen and oxygen atoms in total. The Kier molecular flexibility index (Phi) is 2.74. The van der Waals surface area contributed by atoms with Gasteiger partial charge in [0.25, 0.3) is 0 Å². The monoisotopic (exact) mass is 225 g/mol. The highest BCUT2D eigenvalue weighted by Crippen LogP contribution is 2.22. The minimum Gasteiger partial charge on any atom is -0.357 e. The molecule has 0 aliphatic carbocycles. The van der Waals surface area contributed by atoms with Crippen LogP contribution in [0.1, 0.15) is 12.8 Å². The highest BCUT2D eigenvalue weighted by molar-refractivity contribution is 5.62. The molecule has 1 fully saturated rings. The summed E-state index contributed by atoms with van der Waals surface area (Å²) >= 11 is 0. The molecule has 0 spiro atoms. The minimum atomic E-state index is 1.09. The fraction of sp³-hybridized carbons (Fsp3) is 0.286. The molecule has 86 valence electrons. The van der Waals surface area contributed by atoms with Gasteiger partial charge < -0.3 is 4.90 Å². The number of pyridine rings is 2. The van der Waals surface area contributed by atoms with Gasteiger partial charge in [0.05, 0.1) is 0 Å². The first kappa shape index (κ1) is 10.3. The zero-order chi connectivity index (χ0) is 11.5. The molecule has 2 aromatic rings. The van der Waals surface area contributed by atoms with Crippen LogP contribution in [0.3, 0.4) is 0 Å². The molecule has 17 heavy (non-hydrogen) atoms. The Morgan fingerprint density at radius 2 is 1.76 bits per heavy atom. The Morgan fingerprint density at radius 3 is 2.41 bits per heavy atom. The van der Waals surface area contributed by atoms with E-state index in [0.717, 1.165) is 30.0 Å². The standard InChI is InChI=1S/C14H15N3/c1-2-9-17(8-1)14-6-5-13(11-16-14)12-4-3-7-15-10-12/h3-7,10-11H,1-2,8-9H2. The van der Waals surface area contributed by atoms with Crippen LogP contribution in [0.5, 0.6) is 0 Å². The zero-order valence-corrected chi connectivity index (χ0v) is 9.71. The fourth-order valence-corrected chi connectivity index (χ4v) is 2.22. The summed E-state index contributed by atoms with van der Waals surface area (Å²) in [5.41, 5.74) is 2.24. The fourth-order valence-electron chi connectivity index (χ4n) is 2.22. The van der Waals surface area contributed by atoms with Crippen molar-refractivity contribution in [3.05, 3.63) is 42.9 Å². The van der Waals surface area contributed by atoms with E-state index in [9.17, 15) is 0 Å². The molecule has 0 amide bonds. The number of nitrogens with zero attached hydrogens (tertiary/aromatic N) is 3. The van der Waals surface area contributed by atoms with Crippen LogP contribution in [0, 0.1) is 0 Å². The lowest BCUT2D eigenvalue weighted by atomic mass is 10.1. The van der Waals surface area contributed by atoms with Crippen molar-refractivity contribution in [2.45, 2.75) is 12.8 Å². The summed E-state index contributed by atoms with van der Waals surface area (Å²) in [6.45, 7) is 2.28.